The molecule has 0 saturated carbocycles. The van der Waals surface area contributed by atoms with Crippen LogP contribution in [-0.2, 0) is 9.53 Å². The van der Waals surface area contributed by atoms with E-state index in [1.54, 1.807) is 23.7 Å². The summed E-state index contributed by atoms with van der Waals surface area (Å²) in [6.45, 7) is 2.26. The van der Waals surface area contributed by atoms with E-state index in [9.17, 15) is 14.4 Å². The molecule has 1 aliphatic rings. The van der Waals surface area contributed by atoms with Gasteiger partial charge in [-0.2, -0.15) is 0 Å². The molecule has 2 amide bonds. The number of carbonyl (C=O) groups excluding carboxylic acids is 3. The normalized spacial score (nSPS) is 17.2. The Balaban J connectivity index is 1.74. The smallest absolute Gasteiger partial charge is 0.340 e. The lowest BCUT2D eigenvalue weighted by Gasteiger charge is -2.16. The number of ether oxygens (including phenoxy) is 1. The Morgan fingerprint density at radius 3 is 2.88 bits per heavy atom. The fourth-order valence-electron chi connectivity index (χ4n) is 2.71. The predicted molar refractivity (Wildman–Crippen MR) is 89.4 cm³/mol. The molecule has 24 heavy (non-hydrogen) atoms. The van der Waals surface area contributed by atoms with Gasteiger partial charge in [-0.25, -0.2) is 4.79 Å². The van der Waals surface area contributed by atoms with E-state index in [2.05, 4.69) is 10.3 Å². The van der Waals surface area contributed by atoms with Crippen LogP contribution in [-0.4, -0.2) is 42.5 Å². The number of rotatable bonds is 4. The molecular weight excluding hydrogens is 330 g/mol. The van der Waals surface area contributed by atoms with Crippen LogP contribution in [0.2, 0.25) is 0 Å². The Morgan fingerprint density at radius 1 is 1.42 bits per heavy atom. The molecule has 0 bridgehead atoms. The molecule has 1 saturated heterocycles. The molecule has 0 radical (unpaired) electrons. The molecular formula is C16H17N3O4S. The second-order valence-electron chi connectivity index (χ2n) is 5.47. The van der Waals surface area contributed by atoms with Gasteiger partial charge in [0.15, 0.2) is 0 Å². The number of aromatic amines is 1. The van der Waals surface area contributed by atoms with E-state index >= 15 is 0 Å². The van der Waals surface area contributed by atoms with Crippen molar-refractivity contribution in [3.63, 3.8) is 0 Å². The number of anilines is 1. The molecule has 1 atom stereocenters. The third kappa shape index (κ3) is 2.80. The van der Waals surface area contributed by atoms with E-state index < -0.39 is 12.0 Å². The first-order valence-corrected chi connectivity index (χ1v) is 8.33. The zero-order valence-electron chi connectivity index (χ0n) is 13.3. The largest absolute Gasteiger partial charge is 0.465 e. The molecule has 0 unspecified atom stereocenters. The second-order valence-corrected chi connectivity index (χ2v) is 6.37. The highest BCUT2D eigenvalue weighted by Crippen LogP contribution is 2.31. The molecule has 0 aromatic carbocycles. The summed E-state index contributed by atoms with van der Waals surface area (Å²) in [4.78, 5) is 41.1. The zero-order valence-corrected chi connectivity index (χ0v) is 14.1. The summed E-state index contributed by atoms with van der Waals surface area (Å²) >= 11 is 1.30. The van der Waals surface area contributed by atoms with Gasteiger partial charge in [-0.05, 0) is 36.4 Å². The minimum atomic E-state index is -0.604. The third-order valence-corrected chi connectivity index (χ3v) is 4.92. The van der Waals surface area contributed by atoms with Crippen LogP contribution in [0.1, 0.15) is 32.8 Å². The van der Waals surface area contributed by atoms with Crippen molar-refractivity contribution in [1.82, 2.24) is 10.3 Å². The number of H-pyrrole nitrogens is 1. The van der Waals surface area contributed by atoms with Crippen LogP contribution < -0.4 is 10.2 Å². The van der Waals surface area contributed by atoms with Gasteiger partial charge in [0.1, 0.15) is 16.7 Å². The van der Waals surface area contributed by atoms with Gasteiger partial charge in [0.2, 0.25) is 5.91 Å². The quantitative estimate of drug-likeness (QED) is 0.824. The third-order valence-electron chi connectivity index (χ3n) is 3.99. The van der Waals surface area contributed by atoms with Crippen molar-refractivity contribution < 1.29 is 19.1 Å². The number of nitrogens with one attached hydrogen (secondary N) is 2. The van der Waals surface area contributed by atoms with E-state index in [4.69, 9.17) is 4.74 Å². The SMILES string of the molecule is COC(=O)c1ccsc1N1CC[C@H](NC(=O)c2[nH]ccc2C)C1=O. The van der Waals surface area contributed by atoms with Crippen LogP contribution in [0.3, 0.4) is 0 Å². The maximum Gasteiger partial charge on any atom is 0.340 e. The average Bonchev–Trinajstić information content (AvgIpc) is 3.28. The van der Waals surface area contributed by atoms with E-state index in [0.29, 0.717) is 29.2 Å². The summed E-state index contributed by atoms with van der Waals surface area (Å²) in [6, 6.07) is 2.83. The summed E-state index contributed by atoms with van der Waals surface area (Å²) in [5.74, 6) is -1.01. The van der Waals surface area contributed by atoms with Crippen LogP contribution in [0, 0.1) is 6.92 Å². The Kier molecular flexibility index (Phi) is 4.39. The number of carbonyl (C=O) groups is 3. The topological polar surface area (TPSA) is 91.5 Å². The lowest BCUT2D eigenvalue weighted by atomic mass is 10.2. The van der Waals surface area contributed by atoms with Crippen molar-refractivity contribution in [2.45, 2.75) is 19.4 Å². The molecule has 2 N–H and O–H groups in total. The number of hydrogen-bond donors (Lipinski definition) is 2. The highest BCUT2D eigenvalue weighted by atomic mass is 32.1. The number of nitrogens with zero attached hydrogens (tertiary/aromatic N) is 1. The number of methoxy groups -OCH3 is 1. The van der Waals surface area contributed by atoms with Crippen molar-refractivity contribution in [2.75, 3.05) is 18.6 Å². The van der Waals surface area contributed by atoms with E-state index in [1.807, 2.05) is 6.92 Å². The summed E-state index contributed by atoms with van der Waals surface area (Å²) < 4.78 is 4.74. The predicted octanol–water partition coefficient (Wildman–Crippen LogP) is 1.71. The van der Waals surface area contributed by atoms with Crippen LogP contribution in [0.4, 0.5) is 5.00 Å². The Labute approximate surface area is 142 Å². The van der Waals surface area contributed by atoms with E-state index in [-0.39, 0.29) is 11.8 Å². The van der Waals surface area contributed by atoms with E-state index in [1.165, 1.54) is 23.3 Å². The minimum Gasteiger partial charge on any atom is -0.465 e. The molecule has 0 spiro atoms. The number of amides is 2. The maximum atomic E-state index is 12.6. The molecule has 126 valence electrons. The van der Waals surface area contributed by atoms with Crippen molar-refractivity contribution in [2.24, 2.45) is 0 Å². The Morgan fingerprint density at radius 2 is 2.21 bits per heavy atom. The highest BCUT2D eigenvalue weighted by Gasteiger charge is 2.36. The number of aromatic nitrogens is 1. The number of aryl methyl sites for hydroxylation is 1. The van der Waals surface area contributed by atoms with Crippen molar-refractivity contribution in [1.29, 1.82) is 0 Å². The lowest BCUT2D eigenvalue weighted by Crippen LogP contribution is -2.42. The van der Waals surface area contributed by atoms with Gasteiger partial charge in [-0.1, -0.05) is 0 Å². The Hall–Kier alpha value is -2.61. The molecule has 3 heterocycles. The van der Waals surface area contributed by atoms with Crippen LogP contribution in [0.5, 0.6) is 0 Å². The minimum absolute atomic E-state index is 0.222. The monoisotopic (exact) mass is 347 g/mol. The van der Waals surface area contributed by atoms with Crippen LogP contribution >= 0.6 is 11.3 Å². The second kappa shape index (κ2) is 6.48. The fraction of sp³-hybridized carbons (Fsp3) is 0.312. The van der Waals surface area contributed by atoms with Crippen molar-refractivity contribution >= 4 is 34.1 Å². The molecule has 2 aromatic rings. The first kappa shape index (κ1) is 16.3. The number of esters is 1. The van der Waals surface area contributed by atoms with E-state index in [0.717, 1.165) is 5.56 Å². The number of thiophene rings is 1. The van der Waals surface area contributed by atoms with Crippen molar-refractivity contribution in [3.05, 3.63) is 40.5 Å². The first-order valence-electron chi connectivity index (χ1n) is 7.45. The van der Waals surface area contributed by atoms with Gasteiger partial charge in [0.25, 0.3) is 5.91 Å². The molecule has 3 rings (SSSR count). The van der Waals surface area contributed by atoms with Gasteiger partial charge in [-0.15, -0.1) is 11.3 Å². The molecule has 8 heteroatoms. The molecule has 0 aliphatic carbocycles. The van der Waals surface area contributed by atoms with Crippen molar-refractivity contribution in [3.8, 4) is 0 Å². The van der Waals surface area contributed by atoms with Gasteiger partial charge in [0, 0.05) is 12.7 Å². The molecule has 7 nitrogen and oxygen atoms in total. The number of hydrogen-bond acceptors (Lipinski definition) is 5. The zero-order chi connectivity index (χ0) is 17.3. The maximum absolute atomic E-state index is 12.6. The average molecular weight is 347 g/mol. The van der Waals surface area contributed by atoms with Gasteiger partial charge in [-0.3, -0.25) is 9.59 Å². The van der Waals surface area contributed by atoms with Crippen LogP contribution in [0.15, 0.2) is 23.7 Å². The summed E-state index contributed by atoms with van der Waals surface area (Å²) in [6.07, 6.45) is 2.17. The lowest BCUT2D eigenvalue weighted by molar-refractivity contribution is -0.118. The summed E-state index contributed by atoms with van der Waals surface area (Å²) in [5.41, 5.74) is 1.64. The standard InChI is InChI=1S/C16H17N3O4S/c1-9-3-6-17-12(9)13(20)18-11-4-7-19(14(11)21)15-10(5-8-24-15)16(22)23-2/h3,5-6,8,11,17H,4,7H2,1-2H3,(H,18,20)/t11-/m0/s1. The summed E-state index contributed by atoms with van der Waals surface area (Å²) in [7, 11) is 1.30. The van der Waals surface area contributed by atoms with Gasteiger partial charge >= 0.3 is 5.97 Å². The van der Waals surface area contributed by atoms with Crippen LogP contribution in [0.25, 0.3) is 0 Å². The Bertz CT molecular complexity index is 795. The summed E-state index contributed by atoms with van der Waals surface area (Å²) in [5, 5.41) is 5.05. The molecule has 1 fully saturated rings. The highest BCUT2D eigenvalue weighted by molar-refractivity contribution is 7.14. The van der Waals surface area contributed by atoms with Gasteiger partial charge in [0.05, 0.1) is 12.7 Å². The molecule has 2 aromatic heterocycles. The van der Waals surface area contributed by atoms with Gasteiger partial charge < -0.3 is 19.9 Å². The molecule has 1 aliphatic heterocycles. The first-order chi connectivity index (χ1) is 11.5. The fourth-order valence-corrected chi connectivity index (χ4v) is 3.63.